The topological polar surface area (TPSA) is 73.6 Å². The van der Waals surface area contributed by atoms with Gasteiger partial charge < -0.3 is 7.16 Å². The molecule has 0 bridgehead atoms. The van der Waals surface area contributed by atoms with Gasteiger partial charge in [-0.2, -0.15) is 4.21 Å². The zero-order valence-electron chi connectivity index (χ0n) is 8.20. The van der Waals surface area contributed by atoms with E-state index in [9.17, 15) is 4.21 Å². The second-order valence-corrected chi connectivity index (χ2v) is 3.11. The fourth-order valence-corrected chi connectivity index (χ4v) is 0.858. The first-order chi connectivity index (χ1) is 5.02. The second kappa shape index (κ2) is 8.36. The molecule has 0 saturated heterocycles. The number of nitrogens with one attached hydrogen (secondary N) is 1. The molecule has 0 aliphatic carbocycles. The Morgan fingerprint density at radius 1 is 1.75 bits per heavy atom. The standard InChI is InChI=1S/C4H10N2O3S2.Na.H/c1-3(2)8-11(7)9-6-4(5)10;;/h3H,1-2H3,(H3,5,6,10);;/q;+1;-1. The minimum Gasteiger partial charge on any atom is -1.00 e. The molecular formula is C4H11N2NaO3S2. The fourth-order valence-electron chi connectivity index (χ4n) is 0.252. The van der Waals surface area contributed by atoms with Crippen LogP contribution in [0.5, 0.6) is 0 Å². The summed E-state index contributed by atoms with van der Waals surface area (Å²) >= 11 is 2.53. The first kappa shape index (κ1) is 15.2. The van der Waals surface area contributed by atoms with Gasteiger partial charge in [0.25, 0.3) is 0 Å². The van der Waals surface area contributed by atoms with Crippen LogP contribution >= 0.6 is 12.2 Å². The molecule has 8 heteroatoms. The average molecular weight is 222 g/mol. The van der Waals surface area contributed by atoms with Gasteiger partial charge >= 0.3 is 40.9 Å². The fraction of sp³-hybridized carbons (Fsp3) is 0.750. The van der Waals surface area contributed by atoms with Crippen LogP contribution in [0, 0.1) is 0 Å². The van der Waals surface area contributed by atoms with Gasteiger partial charge in [-0.05, 0) is 26.1 Å². The number of rotatable bonds is 4. The summed E-state index contributed by atoms with van der Waals surface area (Å²) in [7, 11) is 0. The Bertz CT molecular complexity index is 171. The number of thiocarbonyl (C=S) groups is 1. The van der Waals surface area contributed by atoms with E-state index in [0.29, 0.717) is 0 Å². The smallest absolute Gasteiger partial charge is 1.00 e. The van der Waals surface area contributed by atoms with Crippen LogP contribution in [0.3, 0.4) is 0 Å². The van der Waals surface area contributed by atoms with Gasteiger partial charge in [0.1, 0.15) is 0 Å². The van der Waals surface area contributed by atoms with Crippen LogP contribution < -0.4 is 40.8 Å². The van der Waals surface area contributed by atoms with Crippen molar-refractivity contribution in [3.63, 3.8) is 0 Å². The van der Waals surface area contributed by atoms with E-state index in [4.69, 9.17) is 5.73 Å². The summed E-state index contributed by atoms with van der Waals surface area (Å²) in [4.78, 5) is 0. The second-order valence-electron chi connectivity index (χ2n) is 1.90. The number of hydroxylamine groups is 1. The Balaban J connectivity index is -0.000000500. The van der Waals surface area contributed by atoms with Gasteiger partial charge in [-0.3, -0.25) is 4.18 Å². The molecule has 3 N–H and O–H groups in total. The van der Waals surface area contributed by atoms with E-state index >= 15 is 0 Å². The zero-order valence-corrected chi connectivity index (χ0v) is 10.8. The van der Waals surface area contributed by atoms with Gasteiger partial charge in [0.2, 0.25) is 0 Å². The number of hydrogen-bond acceptors (Lipinski definition) is 4. The molecule has 5 nitrogen and oxygen atoms in total. The van der Waals surface area contributed by atoms with Crippen molar-refractivity contribution in [1.82, 2.24) is 5.48 Å². The van der Waals surface area contributed by atoms with E-state index in [1.165, 1.54) is 0 Å². The molecule has 0 rings (SSSR count). The average Bonchev–Trinajstić information content (AvgIpc) is 1.82. The first-order valence-corrected chi connectivity index (χ1v) is 4.25. The molecule has 0 aliphatic rings. The molecule has 68 valence electrons. The summed E-state index contributed by atoms with van der Waals surface area (Å²) in [6.45, 7) is 3.45. The van der Waals surface area contributed by atoms with Crippen molar-refractivity contribution in [2.45, 2.75) is 20.0 Å². The summed E-state index contributed by atoms with van der Waals surface area (Å²) < 4.78 is 19.7. The summed E-state index contributed by atoms with van der Waals surface area (Å²) in [5.41, 5.74) is 7.01. The Kier molecular flexibility index (Phi) is 10.6. The van der Waals surface area contributed by atoms with E-state index < -0.39 is 11.4 Å². The normalized spacial score (nSPS) is 11.9. The molecule has 0 saturated carbocycles. The van der Waals surface area contributed by atoms with Gasteiger partial charge in [0, 0.05) is 0 Å². The van der Waals surface area contributed by atoms with Crippen LogP contribution in [0.4, 0.5) is 0 Å². The summed E-state index contributed by atoms with van der Waals surface area (Å²) in [5, 5.41) is -0.0919. The Labute approximate surface area is 103 Å². The summed E-state index contributed by atoms with van der Waals surface area (Å²) in [6.07, 6.45) is -0.177. The van der Waals surface area contributed by atoms with Crippen molar-refractivity contribution in [3.05, 3.63) is 0 Å². The van der Waals surface area contributed by atoms with Crippen molar-refractivity contribution in [2.75, 3.05) is 0 Å². The molecular weight excluding hydrogens is 211 g/mol. The van der Waals surface area contributed by atoms with Gasteiger partial charge in [0.15, 0.2) is 5.11 Å². The Hall–Kier alpha value is 0.760. The Morgan fingerprint density at radius 2 is 2.25 bits per heavy atom. The van der Waals surface area contributed by atoms with Gasteiger partial charge in [-0.15, -0.1) is 4.28 Å². The maximum Gasteiger partial charge on any atom is 1.00 e. The van der Waals surface area contributed by atoms with Crippen molar-refractivity contribution in [1.29, 1.82) is 0 Å². The maximum atomic E-state index is 10.6. The van der Waals surface area contributed by atoms with Crippen LogP contribution in [0.25, 0.3) is 0 Å². The molecule has 1 atom stereocenters. The number of nitrogens with two attached hydrogens (primary N) is 1. The molecule has 0 aliphatic heterocycles. The third kappa shape index (κ3) is 10.8. The van der Waals surface area contributed by atoms with Crippen molar-refractivity contribution in [3.8, 4) is 0 Å². The molecule has 0 amide bonds. The van der Waals surface area contributed by atoms with E-state index in [2.05, 4.69) is 20.7 Å². The van der Waals surface area contributed by atoms with Gasteiger partial charge in [-0.1, -0.05) is 0 Å². The minimum atomic E-state index is -1.85. The van der Waals surface area contributed by atoms with E-state index in [0.717, 1.165) is 0 Å². The first-order valence-electron chi connectivity index (χ1n) is 2.84. The predicted molar refractivity (Wildman–Crippen MR) is 46.5 cm³/mol. The van der Waals surface area contributed by atoms with Crippen molar-refractivity contribution < 1.29 is 43.7 Å². The van der Waals surface area contributed by atoms with E-state index in [1.807, 2.05) is 5.48 Å². The third-order valence-electron chi connectivity index (χ3n) is 0.481. The molecule has 0 fully saturated rings. The molecule has 12 heavy (non-hydrogen) atoms. The quantitative estimate of drug-likeness (QED) is 0.298. The predicted octanol–water partition coefficient (Wildman–Crippen LogP) is -3.13. The SMILES string of the molecule is CC(C)OS(=O)ONC(N)=S.[H-].[Na+]. The molecule has 0 spiro atoms. The number of hydrogen-bond donors (Lipinski definition) is 2. The largest absolute Gasteiger partial charge is 1.00 e. The molecule has 0 aromatic rings. The van der Waals surface area contributed by atoms with Crippen LogP contribution in [-0.4, -0.2) is 15.4 Å². The van der Waals surface area contributed by atoms with Gasteiger partial charge in [-0.25, -0.2) is 5.48 Å². The molecule has 0 aromatic heterocycles. The monoisotopic (exact) mass is 222 g/mol. The van der Waals surface area contributed by atoms with Crippen LogP contribution in [0.15, 0.2) is 0 Å². The maximum absolute atomic E-state index is 10.6. The molecule has 0 aromatic carbocycles. The summed E-state index contributed by atoms with van der Waals surface area (Å²) in [5.74, 6) is 0. The Morgan fingerprint density at radius 3 is 2.58 bits per heavy atom. The van der Waals surface area contributed by atoms with E-state index in [-0.39, 0.29) is 42.2 Å². The van der Waals surface area contributed by atoms with Crippen LogP contribution in [-0.2, 0) is 19.8 Å². The molecule has 1 unspecified atom stereocenters. The molecule has 0 radical (unpaired) electrons. The van der Waals surface area contributed by atoms with E-state index in [1.54, 1.807) is 13.8 Å². The zero-order chi connectivity index (χ0) is 8.85. The van der Waals surface area contributed by atoms with Crippen molar-refractivity contribution in [2.24, 2.45) is 5.73 Å². The van der Waals surface area contributed by atoms with Crippen LogP contribution in [0.2, 0.25) is 0 Å². The van der Waals surface area contributed by atoms with Crippen LogP contribution in [0.1, 0.15) is 15.3 Å². The van der Waals surface area contributed by atoms with Gasteiger partial charge in [0.05, 0.1) is 6.10 Å². The van der Waals surface area contributed by atoms with Crippen molar-refractivity contribution >= 4 is 28.7 Å². The minimum absolute atomic E-state index is 0. The third-order valence-corrected chi connectivity index (χ3v) is 1.33. The molecule has 0 heterocycles. The summed E-state index contributed by atoms with van der Waals surface area (Å²) in [6, 6.07) is 0.